The number of nitrogens with zero attached hydrogens (tertiary/aromatic N) is 2. The van der Waals surface area contributed by atoms with Crippen molar-refractivity contribution >= 4 is 16.9 Å². The van der Waals surface area contributed by atoms with Gasteiger partial charge in [0.1, 0.15) is 11.9 Å². The molecular weight excluding hydrogens is 338 g/mol. The molecule has 2 aromatic carbocycles. The van der Waals surface area contributed by atoms with Crippen molar-refractivity contribution in [3.8, 4) is 0 Å². The van der Waals surface area contributed by atoms with Crippen LogP contribution >= 0.6 is 0 Å². The molecule has 2 unspecified atom stereocenters. The lowest BCUT2D eigenvalue weighted by Crippen LogP contribution is -2.35. The van der Waals surface area contributed by atoms with Crippen LogP contribution in [-0.4, -0.2) is 34.7 Å². The standard InChI is InChI=1S/C22H25N3O2/c1-16(17-8-3-2-4-9-17)25-19-11-6-5-10-18(19)24-21(25)13-14-23-22(26)20-12-7-15-27-20/h2-6,8-11,16,20H,7,12-15H2,1H3,(H,23,26). The number of rotatable bonds is 6. The van der Waals surface area contributed by atoms with Crippen LogP contribution in [0.5, 0.6) is 0 Å². The van der Waals surface area contributed by atoms with E-state index in [9.17, 15) is 4.79 Å². The summed E-state index contributed by atoms with van der Waals surface area (Å²) in [7, 11) is 0. The van der Waals surface area contributed by atoms with Crippen molar-refractivity contribution < 1.29 is 9.53 Å². The minimum Gasteiger partial charge on any atom is -0.368 e. The molecule has 1 aliphatic heterocycles. The molecule has 27 heavy (non-hydrogen) atoms. The predicted octanol–water partition coefficient (Wildman–Crippen LogP) is 3.48. The number of carbonyl (C=O) groups is 1. The maximum Gasteiger partial charge on any atom is 0.249 e. The molecule has 0 saturated carbocycles. The summed E-state index contributed by atoms with van der Waals surface area (Å²) >= 11 is 0. The van der Waals surface area contributed by atoms with Crippen molar-refractivity contribution in [3.63, 3.8) is 0 Å². The molecule has 3 aromatic rings. The van der Waals surface area contributed by atoms with E-state index in [-0.39, 0.29) is 18.1 Å². The van der Waals surface area contributed by atoms with Gasteiger partial charge in [-0.15, -0.1) is 0 Å². The fourth-order valence-electron chi connectivity index (χ4n) is 3.78. The van der Waals surface area contributed by atoms with Gasteiger partial charge in [0.25, 0.3) is 0 Å². The summed E-state index contributed by atoms with van der Waals surface area (Å²) in [6.45, 7) is 3.43. The van der Waals surface area contributed by atoms with Crippen LogP contribution in [0.1, 0.15) is 37.2 Å². The zero-order valence-corrected chi connectivity index (χ0v) is 15.6. The van der Waals surface area contributed by atoms with E-state index >= 15 is 0 Å². The maximum absolute atomic E-state index is 12.2. The summed E-state index contributed by atoms with van der Waals surface area (Å²) in [4.78, 5) is 17.0. The quantitative estimate of drug-likeness (QED) is 0.729. The Labute approximate surface area is 159 Å². The van der Waals surface area contributed by atoms with E-state index in [1.54, 1.807) is 0 Å². The van der Waals surface area contributed by atoms with Gasteiger partial charge in [0.15, 0.2) is 0 Å². The zero-order chi connectivity index (χ0) is 18.6. The van der Waals surface area contributed by atoms with E-state index in [4.69, 9.17) is 9.72 Å². The van der Waals surface area contributed by atoms with Gasteiger partial charge in [-0.3, -0.25) is 4.79 Å². The number of hydrogen-bond donors (Lipinski definition) is 1. The van der Waals surface area contributed by atoms with Crippen LogP contribution in [-0.2, 0) is 16.0 Å². The molecule has 1 N–H and O–H groups in total. The highest BCUT2D eigenvalue weighted by atomic mass is 16.5. The van der Waals surface area contributed by atoms with E-state index in [0.29, 0.717) is 19.6 Å². The van der Waals surface area contributed by atoms with E-state index in [2.05, 4.69) is 47.1 Å². The molecule has 0 spiro atoms. The van der Waals surface area contributed by atoms with E-state index < -0.39 is 0 Å². The molecule has 0 radical (unpaired) electrons. The number of amides is 1. The van der Waals surface area contributed by atoms with Crippen LogP contribution in [0.4, 0.5) is 0 Å². The minimum absolute atomic E-state index is 0.00808. The Kier molecular flexibility index (Phi) is 5.21. The molecule has 1 amide bonds. The predicted molar refractivity (Wildman–Crippen MR) is 106 cm³/mol. The highest BCUT2D eigenvalue weighted by Crippen LogP contribution is 2.26. The third-order valence-electron chi connectivity index (χ3n) is 5.21. The molecule has 4 rings (SSSR count). The molecule has 1 aromatic heterocycles. The molecule has 5 nitrogen and oxygen atoms in total. The van der Waals surface area contributed by atoms with Crippen molar-refractivity contribution in [3.05, 3.63) is 66.0 Å². The first-order chi connectivity index (χ1) is 13.2. The van der Waals surface area contributed by atoms with E-state index in [0.717, 1.165) is 29.7 Å². The second kappa shape index (κ2) is 7.92. The van der Waals surface area contributed by atoms with Crippen LogP contribution in [0, 0.1) is 0 Å². The monoisotopic (exact) mass is 363 g/mol. The molecule has 1 fully saturated rings. The van der Waals surface area contributed by atoms with Crippen LogP contribution in [0.2, 0.25) is 0 Å². The fraction of sp³-hybridized carbons (Fsp3) is 0.364. The molecule has 1 aliphatic rings. The lowest BCUT2D eigenvalue weighted by molar-refractivity contribution is -0.130. The normalized spacial score (nSPS) is 17.9. The number of fused-ring (bicyclic) bond motifs is 1. The average molecular weight is 363 g/mol. The van der Waals surface area contributed by atoms with Gasteiger partial charge in [-0.1, -0.05) is 42.5 Å². The Balaban J connectivity index is 1.55. The Bertz CT molecular complexity index is 914. The number of carbonyl (C=O) groups excluding carboxylic acids is 1. The maximum atomic E-state index is 12.2. The van der Waals surface area contributed by atoms with Crippen LogP contribution < -0.4 is 5.32 Å². The number of aromatic nitrogens is 2. The number of hydrogen-bond acceptors (Lipinski definition) is 3. The lowest BCUT2D eigenvalue weighted by Gasteiger charge is -2.18. The van der Waals surface area contributed by atoms with Gasteiger partial charge in [0.2, 0.25) is 5.91 Å². The van der Waals surface area contributed by atoms with Crippen molar-refractivity contribution in [2.24, 2.45) is 0 Å². The van der Waals surface area contributed by atoms with Crippen molar-refractivity contribution in [2.75, 3.05) is 13.2 Å². The minimum atomic E-state index is -0.285. The van der Waals surface area contributed by atoms with Gasteiger partial charge in [0, 0.05) is 19.6 Å². The van der Waals surface area contributed by atoms with Crippen LogP contribution in [0.25, 0.3) is 11.0 Å². The number of para-hydroxylation sites is 2. The fourth-order valence-corrected chi connectivity index (χ4v) is 3.78. The van der Waals surface area contributed by atoms with Gasteiger partial charge in [-0.2, -0.15) is 0 Å². The first kappa shape index (κ1) is 17.7. The summed E-state index contributed by atoms with van der Waals surface area (Å²) in [5.74, 6) is 0.978. The molecule has 2 heterocycles. The van der Waals surface area contributed by atoms with Crippen molar-refractivity contribution in [2.45, 2.75) is 38.3 Å². The molecule has 0 aliphatic carbocycles. The van der Waals surface area contributed by atoms with Crippen molar-refractivity contribution in [1.82, 2.24) is 14.9 Å². The average Bonchev–Trinajstić information content (AvgIpc) is 3.36. The lowest BCUT2D eigenvalue weighted by atomic mass is 10.1. The Morgan fingerprint density at radius 1 is 1.22 bits per heavy atom. The molecule has 2 atom stereocenters. The largest absolute Gasteiger partial charge is 0.368 e. The Hall–Kier alpha value is -2.66. The zero-order valence-electron chi connectivity index (χ0n) is 15.6. The van der Waals surface area contributed by atoms with E-state index in [1.165, 1.54) is 5.56 Å². The second-order valence-corrected chi connectivity index (χ2v) is 7.02. The summed E-state index contributed by atoms with van der Waals surface area (Å²) in [5.41, 5.74) is 3.35. The highest BCUT2D eigenvalue weighted by Gasteiger charge is 2.23. The molecular formula is C22H25N3O2. The summed E-state index contributed by atoms with van der Waals surface area (Å²) < 4.78 is 7.73. The molecule has 0 bridgehead atoms. The topological polar surface area (TPSA) is 56.2 Å². The molecule has 5 heteroatoms. The van der Waals surface area contributed by atoms with Gasteiger partial charge in [0.05, 0.1) is 17.1 Å². The number of ether oxygens (including phenoxy) is 1. The summed E-state index contributed by atoms with van der Waals surface area (Å²) in [5, 5.41) is 3.01. The van der Waals surface area contributed by atoms with Crippen LogP contribution in [0.3, 0.4) is 0 Å². The third-order valence-corrected chi connectivity index (χ3v) is 5.21. The highest BCUT2D eigenvalue weighted by molar-refractivity contribution is 5.81. The third kappa shape index (κ3) is 3.74. The molecule has 1 saturated heterocycles. The Morgan fingerprint density at radius 2 is 2.00 bits per heavy atom. The van der Waals surface area contributed by atoms with Gasteiger partial charge in [-0.05, 0) is 37.5 Å². The number of nitrogens with one attached hydrogen (secondary N) is 1. The molecule has 140 valence electrons. The number of imidazole rings is 1. The van der Waals surface area contributed by atoms with Gasteiger partial charge < -0.3 is 14.6 Å². The second-order valence-electron chi connectivity index (χ2n) is 7.02. The first-order valence-electron chi connectivity index (χ1n) is 9.64. The summed E-state index contributed by atoms with van der Waals surface area (Å²) in [6.07, 6.45) is 2.18. The number of benzene rings is 2. The Morgan fingerprint density at radius 3 is 2.78 bits per heavy atom. The van der Waals surface area contributed by atoms with Crippen LogP contribution in [0.15, 0.2) is 54.6 Å². The first-order valence-corrected chi connectivity index (χ1v) is 9.64. The smallest absolute Gasteiger partial charge is 0.249 e. The van der Waals surface area contributed by atoms with Crippen molar-refractivity contribution in [1.29, 1.82) is 0 Å². The van der Waals surface area contributed by atoms with E-state index in [1.807, 2.05) is 24.3 Å². The van der Waals surface area contributed by atoms with Gasteiger partial charge >= 0.3 is 0 Å². The van der Waals surface area contributed by atoms with Gasteiger partial charge in [-0.25, -0.2) is 4.98 Å². The SMILES string of the molecule is CC(c1ccccc1)n1c(CCNC(=O)C2CCCO2)nc2ccccc21. The summed E-state index contributed by atoms with van der Waals surface area (Å²) in [6, 6.07) is 18.8.